The third-order valence-corrected chi connectivity index (χ3v) is 7.36. The summed E-state index contributed by atoms with van der Waals surface area (Å²) in [6.45, 7) is 1.14. The van der Waals surface area contributed by atoms with Crippen LogP contribution in [0.1, 0.15) is 16.7 Å². The third-order valence-electron chi connectivity index (χ3n) is 5.46. The summed E-state index contributed by atoms with van der Waals surface area (Å²) in [5.41, 5.74) is 1.64. The number of hydrogen-bond donors (Lipinski definition) is 2. The van der Waals surface area contributed by atoms with Crippen molar-refractivity contribution < 1.29 is 32.6 Å². The van der Waals surface area contributed by atoms with Gasteiger partial charge in [0.05, 0.1) is 24.5 Å². The number of carboxylic acids is 1. The van der Waals surface area contributed by atoms with Gasteiger partial charge in [0.1, 0.15) is 11.6 Å². The van der Waals surface area contributed by atoms with Crippen molar-refractivity contribution in [3.8, 4) is 5.75 Å². The number of halogens is 1. The van der Waals surface area contributed by atoms with Gasteiger partial charge in [-0.25, -0.2) is 12.8 Å². The number of sulfonamides is 1. The topological polar surface area (TPSA) is 104 Å². The number of benzene rings is 3. The zero-order valence-electron chi connectivity index (χ0n) is 17.1. The van der Waals surface area contributed by atoms with Crippen molar-refractivity contribution in [1.29, 1.82) is 0 Å². The van der Waals surface area contributed by atoms with E-state index in [2.05, 4.69) is 0 Å². The van der Waals surface area contributed by atoms with E-state index < -0.39 is 21.8 Å². The first-order chi connectivity index (χ1) is 15.2. The van der Waals surface area contributed by atoms with Crippen LogP contribution in [-0.4, -0.2) is 55.2 Å². The number of aromatic hydroxyl groups is 1. The van der Waals surface area contributed by atoms with E-state index in [-0.39, 0.29) is 36.6 Å². The maximum atomic E-state index is 13.9. The van der Waals surface area contributed by atoms with Gasteiger partial charge in [-0.2, -0.15) is 4.31 Å². The van der Waals surface area contributed by atoms with E-state index in [1.165, 1.54) is 34.6 Å². The van der Waals surface area contributed by atoms with Gasteiger partial charge in [-0.1, -0.05) is 24.3 Å². The average Bonchev–Trinajstić information content (AvgIpc) is 2.75. The molecule has 168 valence electrons. The van der Waals surface area contributed by atoms with Gasteiger partial charge in [-0.05, 0) is 45.7 Å². The van der Waals surface area contributed by atoms with Crippen molar-refractivity contribution in [1.82, 2.24) is 4.31 Å². The molecular weight excluding hydrogens is 437 g/mol. The van der Waals surface area contributed by atoms with Crippen LogP contribution < -0.4 is 0 Å². The first kappa shape index (κ1) is 22.2. The number of nitrogens with zero attached hydrogens (tertiary/aromatic N) is 1. The average molecular weight is 459 g/mol. The van der Waals surface area contributed by atoms with E-state index in [9.17, 15) is 22.7 Å². The zero-order chi connectivity index (χ0) is 22.9. The normalized spacial score (nSPS) is 15.2. The maximum Gasteiger partial charge on any atom is 0.307 e. The minimum atomic E-state index is -3.76. The van der Waals surface area contributed by atoms with Crippen molar-refractivity contribution in [2.45, 2.75) is 17.7 Å². The lowest BCUT2D eigenvalue weighted by Crippen LogP contribution is -2.40. The van der Waals surface area contributed by atoms with Crippen LogP contribution >= 0.6 is 0 Å². The summed E-state index contributed by atoms with van der Waals surface area (Å²) in [4.78, 5) is 11.2. The molecule has 2 N–H and O–H groups in total. The van der Waals surface area contributed by atoms with Crippen LogP contribution in [0, 0.1) is 5.82 Å². The van der Waals surface area contributed by atoms with Gasteiger partial charge in [0, 0.05) is 25.6 Å². The fourth-order valence-corrected chi connectivity index (χ4v) is 5.32. The van der Waals surface area contributed by atoms with Gasteiger partial charge >= 0.3 is 5.97 Å². The molecule has 1 aliphatic rings. The molecule has 0 aliphatic carbocycles. The molecule has 32 heavy (non-hydrogen) atoms. The highest BCUT2D eigenvalue weighted by Gasteiger charge is 2.27. The Labute approximate surface area is 184 Å². The first-order valence-corrected chi connectivity index (χ1v) is 11.5. The summed E-state index contributed by atoms with van der Waals surface area (Å²) in [6.07, 6.45) is -0.0137. The molecule has 3 aromatic rings. The Morgan fingerprint density at radius 1 is 1.03 bits per heavy atom. The molecule has 1 heterocycles. The van der Waals surface area contributed by atoms with Crippen LogP contribution in [-0.2, 0) is 32.4 Å². The zero-order valence-corrected chi connectivity index (χ0v) is 17.9. The van der Waals surface area contributed by atoms with Crippen LogP contribution in [0.25, 0.3) is 10.8 Å². The minimum absolute atomic E-state index is 0.0174. The Bertz CT molecular complexity index is 1290. The summed E-state index contributed by atoms with van der Waals surface area (Å²) < 4.78 is 46.1. The van der Waals surface area contributed by atoms with E-state index in [0.29, 0.717) is 40.7 Å². The minimum Gasteiger partial charge on any atom is -0.508 e. The Morgan fingerprint density at radius 3 is 2.47 bits per heavy atom. The van der Waals surface area contributed by atoms with Crippen molar-refractivity contribution in [3.63, 3.8) is 0 Å². The molecule has 1 aliphatic heterocycles. The second-order valence-electron chi connectivity index (χ2n) is 7.67. The van der Waals surface area contributed by atoms with Gasteiger partial charge in [0.25, 0.3) is 0 Å². The molecule has 4 rings (SSSR count). The Hall–Kier alpha value is -3.01. The molecule has 1 saturated heterocycles. The molecule has 7 nitrogen and oxygen atoms in total. The van der Waals surface area contributed by atoms with Crippen LogP contribution in [0.2, 0.25) is 0 Å². The highest BCUT2D eigenvalue weighted by molar-refractivity contribution is 7.89. The summed E-state index contributed by atoms with van der Waals surface area (Å²) in [5, 5.41) is 21.0. The summed E-state index contributed by atoms with van der Waals surface area (Å²) >= 11 is 0. The van der Waals surface area contributed by atoms with Crippen molar-refractivity contribution >= 4 is 26.8 Å². The van der Waals surface area contributed by atoms with Crippen LogP contribution in [0.4, 0.5) is 4.39 Å². The fourth-order valence-electron chi connectivity index (χ4n) is 3.89. The second kappa shape index (κ2) is 8.85. The number of ether oxygens (including phenoxy) is 1. The lowest BCUT2D eigenvalue weighted by atomic mass is 9.94. The van der Waals surface area contributed by atoms with E-state index in [1.807, 2.05) is 0 Å². The standard InChI is InChI=1S/C23H22FNO6S/c24-19-3-1-16-9-15(11-23(27)28)10-18(21(16)13-19)12-17-2-4-20(14-22(17)26)32(29,30)25-5-7-31-8-6-25/h1-4,9-10,13-14,26H,5-8,11-12H2,(H,27,28). The molecule has 0 unspecified atom stereocenters. The van der Waals surface area contributed by atoms with Crippen LogP contribution in [0.15, 0.2) is 53.4 Å². The summed E-state index contributed by atoms with van der Waals surface area (Å²) in [5.74, 6) is -1.62. The number of morpholine rings is 1. The number of aliphatic carboxylic acids is 1. The number of rotatable bonds is 6. The second-order valence-corrected chi connectivity index (χ2v) is 9.61. The molecule has 0 aromatic heterocycles. The number of phenolic OH excluding ortho intramolecular Hbond substituents is 1. The fraction of sp³-hybridized carbons (Fsp3) is 0.261. The number of phenols is 1. The Kier molecular flexibility index (Phi) is 6.14. The summed E-state index contributed by atoms with van der Waals surface area (Å²) in [7, 11) is -3.76. The quantitative estimate of drug-likeness (QED) is 0.588. The lowest BCUT2D eigenvalue weighted by Gasteiger charge is -2.26. The van der Waals surface area contributed by atoms with Gasteiger partial charge < -0.3 is 14.9 Å². The molecule has 0 saturated carbocycles. The highest BCUT2D eigenvalue weighted by Crippen LogP contribution is 2.30. The predicted molar refractivity (Wildman–Crippen MR) is 116 cm³/mol. The molecule has 9 heteroatoms. The Balaban J connectivity index is 1.69. The Morgan fingerprint density at radius 2 is 1.78 bits per heavy atom. The molecule has 1 fully saturated rings. The van der Waals surface area contributed by atoms with Gasteiger partial charge in [0.15, 0.2) is 0 Å². The van der Waals surface area contributed by atoms with E-state index in [1.54, 1.807) is 18.2 Å². The molecule has 0 radical (unpaired) electrons. The van der Waals surface area contributed by atoms with Crippen molar-refractivity contribution in [2.24, 2.45) is 0 Å². The first-order valence-electron chi connectivity index (χ1n) is 10.1. The largest absolute Gasteiger partial charge is 0.508 e. The van der Waals surface area contributed by atoms with Gasteiger partial charge in [0.2, 0.25) is 10.0 Å². The SMILES string of the molecule is O=C(O)Cc1cc(Cc2ccc(S(=O)(=O)N3CCOCC3)cc2O)c2cc(F)ccc2c1. The highest BCUT2D eigenvalue weighted by atomic mass is 32.2. The van der Waals surface area contributed by atoms with E-state index >= 15 is 0 Å². The molecule has 0 spiro atoms. The van der Waals surface area contributed by atoms with E-state index in [4.69, 9.17) is 9.84 Å². The van der Waals surface area contributed by atoms with Crippen LogP contribution in [0.3, 0.4) is 0 Å². The molecular formula is C23H22FNO6S. The smallest absolute Gasteiger partial charge is 0.307 e. The monoisotopic (exact) mass is 459 g/mol. The molecule has 3 aromatic carbocycles. The van der Waals surface area contributed by atoms with Gasteiger partial charge in [-0.15, -0.1) is 0 Å². The van der Waals surface area contributed by atoms with Crippen LogP contribution in [0.5, 0.6) is 5.75 Å². The third kappa shape index (κ3) is 4.59. The number of fused-ring (bicyclic) bond motifs is 1. The van der Waals surface area contributed by atoms with Crippen molar-refractivity contribution in [3.05, 3.63) is 71.0 Å². The summed E-state index contributed by atoms with van der Waals surface area (Å²) in [6, 6.07) is 11.8. The predicted octanol–water partition coefficient (Wildman–Crippen LogP) is 2.92. The number of carbonyl (C=O) groups is 1. The number of hydrogen-bond acceptors (Lipinski definition) is 5. The molecule has 0 amide bonds. The van der Waals surface area contributed by atoms with Crippen molar-refractivity contribution in [2.75, 3.05) is 26.3 Å². The number of carboxylic acid groups (broad SMARTS) is 1. The van der Waals surface area contributed by atoms with E-state index in [0.717, 1.165) is 0 Å². The maximum absolute atomic E-state index is 13.9. The van der Waals surface area contributed by atoms with Gasteiger partial charge in [-0.3, -0.25) is 4.79 Å². The lowest BCUT2D eigenvalue weighted by molar-refractivity contribution is -0.136. The molecule has 0 bridgehead atoms. The molecule has 0 atom stereocenters.